The lowest BCUT2D eigenvalue weighted by molar-refractivity contribution is -0.144. The number of aliphatic hydroxyl groups is 1. The molecular weight excluding hydrogens is 568 g/mol. The Balaban J connectivity index is 1.60. The largest absolute Gasteiger partial charge is 0.488 e. The fraction of sp³-hybridized carbons (Fsp3) is 0.242. The van der Waals surface area contributed by atoms with Gasteiger partial charge in [-0.3, -0.25) is 15.1 Å². The highest BCUT2D eigenvalue weighted by Gasteiger charge is 2.20. The molecule has 1 atom stereocenters. The number of nitriles is 1. The number of rotatable bonds is 12. The zero-order valence-electron chi connectivity index (χ0n) is 24.2. The molecule has 10 heteroatoms. The van der Waals surface area contributed by atoms with Gasteiger partial charge in [0.25, 0.3) is 0 Å². The van der Waals surface area contributed by atoms with Crippen LogP contribution in [0.15, 0.2) is 67.0 Å². The lowest BCUT2D eigenvalue weighted by atomic mass is 9.93. The van der Waals surface area contributed by atoms with E-state index in [1.807, 2.05) is 38.1 Å². The number of carbonyl (C=O) groups is 1. The van der Waals surface area contributed by atoms with Gasteiger partial charge in [0, 0.05) is 41.8 Å². The number of aromatic nitrogens is 1. The predicted molar refractivity (Wildman–Crippen MR) is 165 cm³/mol. The normalized spacial score (nSPS) is 11.4. The van der Waals surface area contributed by atoms with Crippen LogP contribution in [0.2, 0.25) is 5.02 Å². The molecule has 0 aliphatic heterocycles. The maximum Gasteiger partial charge on any atom is 0.325 e. The fourth-order valence-corrected chi connectivity index (χ4v) is 4.82. The number of halogens is 1. The number of nitrogen functional groups attached to an aromatic ring is 1. The Labute approximate surface area is 255 Å². The van der Waals surface area contributed by atoms with Crippen molar-refractivity contribution in [2.24, 2.45) is 0 Å². The van der Waals surface area contributed by atoms with Crippen LogP contribution in [0.4, 0.5) is 5.69 Å². The van der Waals surface area contributed by atoms with Gasteiger partial charge in [-0.15, -0.1) is 0 Å². The number of ether oxygens (including phenoxy) is 3. The quantitative estimate of drug-likeness (QED) is 0.147. The number of nitrogens with two attached hydrogens (primary N) is 1. The minimum atomic E-state index is -0.928. The van der Waals surface area contributed by atoms with E-state index in [-0.39, 0.29) is 19.8 Å². The molecule has 0 amide bonds. The maximum absolute atomic E-state index is 12.0. The number of esters is 1. The molecule has 222 valence electrons. The Hall–Kier alpha value is -4.62. The third kappa shape index (κ3) is 7.62. The number of carbonyl (C=O) groups excluding carboxylic acids is 1. The van der Waals surface area contributed by atoms with Crippen molar-refractivity contribution in [3.05, 3.63) is 105 Å². The smallest absolute Gasteiger partial charge is 0.325 e. The molecule has 0 saturated carbocycles. The topological polar surface area (TPSA) is 140 Å². The average Bonchev–Trinajstić information content (AvgIpc) is 3.02. The van der Waals surface area contributed by atoms with Crippen molar-refractivity contribution in [3.63, 3.8) is 0 Å². The first-order valence-corrected chi connectivity index (χ1v) is 13.9. The molecular formula is C33H33ClN4O5. The van der Waals surface area contributed by atoms with E-state index < -0.39 is 18.6 Å². The van der Waals surface area contributed by atoms with Crippen molar-refractivity contribution < 1.29 is 24.1 Å². The number of hydrogen-bond donors (Lipinski definition) is 3. The molecule has 0 aliphatic carbocycles. The van der Waals surface area contributed by atoms with Crippen LogP contribution < -0.4 is 20.5 Å². The summed E-state index contributed by atoms with van der Waals surface area (Å²) in [4.78, 5) is 16.1. The van der Waals surface area contributed by atoms with Gasteiger partial charge in [0.2, 0.25) is 0 Å². The highest BCUT2D eigenvalue weighted by molar-refractivity contribution is 6.32. The van der Waals surface area contributed by atoms with Gasteiger partial charge >= 0.3 is 5.97 Å². The molecule has 4 N–H and O–H groups in total. The van der Waals surface area contributed by atoms with Crippen molar-refractivity contribution in [2.75, 3.05) is 19.5 Å². The standard InChI is InChI=1S/C33H33ClN4O5/c1-20-24(6-4-7-26(20)27-8-5-9-29(36)21(27)2)19-43-32-12-31(42-18-23-10-22(13-35)14-37-15-23)25(11-28(32)34)16-38-30(17-39)33(40)41-3/h4-12,14-15,30,38-39H,16-19,36H2,1-3H3/t30-/m1/s1. The van der Waals surface area contributed by atoms with Gasteiger partial charge < -0.3 is 25.1 Å². The zero-order valence-corrected chi connectivity index (χ0v) is 24.9. The molecule has 4 aromatic rings. The Morgan fingerprint density at radius 2 is 1.74 bits per heavy atom. The van der Waals surface area contributed by atoms with E-state index in [1.165, 1.54) is 13.3 Å². The number of nitrogens with zero attached hydrogens (tertiary/aromatic N) is 2. The second-order valence-electron chi connectivity index (χ2n) is 9.91. The molecule has 43 heavy (non-hydrogen) atoms. The summed E-state index contributed by atoms with van der Waals surface area (Å²) in [5, 5.41) is 22.1. The number of nitrogens with one attached hydrogen (secondary N) is 1. The highest BCUT2D eigenvalue weighted by atomic mass is 35.5. The summed E-state index contributed by atoms with van der Waals surface area (Å²) in [6, 6.07) is 18.1. The van der Waals surface area contributed by atoms with Gasteiger partial charge in [-0.25, -0.2) is 0 Å². The van der Waals surface area contributed by atoms with E-state index in [4.69, 9.17) is 31.5 Å². The highest BCUT2D eigenvalue weighted by Crippen LogP contribution is 2.35. The van der Waals surface area contributed by atoms with Crippen LogP contribution in [0, 0.1) is 25.2 Å². The molecule has 0 fully saturated rings. The number of hydrogen-bond acceptors (Lipinski definition) is 9. The third-order valence-corrected chi connectivity index (χ3v) is 7.43. The molecule has 0 bridgehead atoms. The first-order valence-electron chi connectivity index (χ1n) is 13.5. The van der Waals surface area contributed by atoms with Gasteiger partial charge in [0.05, 0.1) is 24.3 Å². The summed E-state index contributed by atoms with van der Waals surface area (Å²) >= 11 is 6.66. The molecule has 0 spiro atoms. The van der Waals surface area contributed by atoms with Crippen molar-refractivity contribution >= 4 is 23.3 Å². The molecule has 0 radical (unpaired) electrons. The molecule has 3 aromatic carbocycles. The molecule has 1 aromatic heterocycles. The van der Waals surface area contributed by atoms with Crippen LogP contribution in [-0.2, 0) is 29.3 Å². The molecule has 0 saturated heterocycles. The minimum Gasteiger partial charge on any atom is -0.488 e. The van der Waals surface area contributed by atoms with E-state index in [1.54, 1.807) is 24.4 Å². The van der Waals surface area contributed by atoms with Gasteiger partial charge in [0.1, 0.15) is 36.8 Å². The molecule has 9 nitrogen and oxygen atoms in total. The Bertz CT molecular complexity index is 1650. The first kappa shape index (κ1) is 31.3. The van der Waals surface area contributed by atoms with Crippen LogP contribution in [0.5, 0.6) is 11.5 Å². The molecule has 1 heterocycles. The van der Waals surface area contributed by atoms with Crippen LogP contribution in [0.3, 0.4) is 0 Å². The fourth-order valence-electron chi connectivity index (χ4n) is 4.58. The number of aliphatic hydroxyl groups excluding tert-OH is 1. The second-order valence-corrected chi connectivity index (χ2v) is 10.3. The lowest BCUT2D eigenvalue weighted by Gasteiger charge is -2.19. The zero-order chi connectivity index (χ0) is 30.9. The predicted octanol–water partition coefficient (Wildman–Crippen LogP) is 5.25. The van der Waals surface area contributed by atoms with Gasteiger partial charge in [-0.05, 0) is 59.9 Å². The maximum atomic E-state index is 12.0. The first-order chi connectivity index (χ1) is 20.7. The SMILES string of the molecule is COC(=O)[C@@H](CO)NCc1cc(Cl)c(OCc2cccc(-c3cccc(N)c3C)c2C)cc1OCc1cncc(C#N)c1. The van der Waals surface area contributed by atoms with E-state index in [2.05, 4.69) is 28.5 Å². The van der Waals surface area contributed by atoms with Gasteiger partial charge in [0.15, 0.2) is 0 Å². The monoisotopic (exact) mass is 600 g/mol. The summed E-state index contributed by atoms with van der Waals surface area (Å²) in [6.45, 7) is 4.12. The van der Waals surface area contributed by atoms with Gasteiger partial charge in [-0.2, -0.15) is 5.26 Å². The summed E-state index contributed by atoms with van der Waals surface area (Å²) in [5.41, 5.74) is 13.8. The number of benzene rings is 3. The number of methoxy groups -OCH3 is 1. The van der Waals surface area contributed by atoms with E-state index in [9.17, 15) is 15.2 Å². The Morgan fingerprint density at radius 1 is 1.02 bits per heavy atom. The molecule has 0 unspecified atom stereocenters. The van der Waals surface area contributed by atoms with E-state index >= 15 is 0 Å². The van der Waals surface area contributed by atoms with E-state index in [0.29, 0.717) is 33.2 Å². The summed E-state index contributed by atoms with van der Waals surface area (Å²) < 4.78 is 17.1. The Morgan fingerprint density at radius 3 is 2.47 bits per heavy atom. The summed E-state index contributed by atoms with van der Waals surface area (Å²) in [5.74, 6) is 0.249. The van der Waals surface area contributed by atoms with Crippen LogP contribution in [-0.4, -0.2) is 35.8 Å². The average molecular weight is 601 g/mol. The lowest BCUT2D eigenvalue weighted by Crippen LogP contribution is -2.40. The van der Waals surface area contributed by atoms with E-state index in [0.717, 1.165) is 33.5 Å². The molecule has 4 rings (SSSR count). The Kier molecular flexibility index (Phi) is 10.6. The van der Waals surface area contributed by atoms with Crippen LogP contribution in [0.25, 0.3) is 11.1 Å². The summed E-state index contributed by atoms with van der Waals surface area (Å²) in [7, 11) is 1.25. The second kappa shape index (κ2) is 14.5. The van der Waals surface area contributed by atoms with Crippen molar-refractivity contribution in [3.8, 4) is 28.7 Å². The third-order valence-electron chi connectivity index (χ3n) is 7.14. The van der Waals surface area contributed by atoms with Crippen LogP contribution >= 0.6 is 11.6 Å². The van der Waals surface area contributed by atoms with Crippen molar-refractivity contribution in [1.29, 1.82) is 5.26 Å². The number of anilines is 1. The number of pyridine rings is 1. The van der Waals surface area contributed by atoms with Gasteiger partial charge in [-0.1, -0.05) is 41.9 Å². The van der Waals surface area contributed by atoms with Crippen molar-refractivity contribution in [1.82, 2.24) is 10.3 Å². The van der Waals surface area contributed by atoms with Crippen LogP contribution in [0.1, 0.15) is 33.4 Å². The molecule has 0 aliphatic rings. The summed E-state index contributed by atoms with van der Waals surface area (Å²) in [6.07, 6.45) is 3.09. The minimum absolute atomic E-state index is 0.123. The van der Waals surface area contributed by atoms with Crippen molar-refractivity contribution in [2.45, 2.75) is 39.6 Å².